The van der Waals surface area contributed by atoms with Gasteiger partial charge < -0.3 is 10.2 Å². The molecule has 4 aromatic rings. The van der Waals surface area contributed by atoms with E-state index in [0.29, 0.717) is 24.0 Å². The van der Waals surface area contributed by atoms with Crippen LogP contribution in [0.25, 0.3) is 22.3 Å². The Bertz CT molecular complexity index is 1350. The van der Waals surface area contributed by atoms with Crippen LogP contribution in [0.4, 0.5) is 17.6 Å². The molecule has 2 nitrogen and oxygen atoms in total. The highest BCUT2D eigenvalue weighted by Gasteiger charge is 2.17. The quantitative estimate of drug-likeness (QED) is 0.245. The molecule has 0 aliphatic rings. The lowest BCUT2D eigenvalue weighted by molar-refractivity contribution is 0.166. The molecule has 0 aliphatic heterocycles. The molecule has 0 fully saturated rings. The lowest BCUT2D eigenvalue weighted by atomic mass is 9.96. The number of hydrogen-bond acceptors (Lipinski definition) is 2. The van der Waals surface area contributed by atoms with Crippen molar-refractivity contribution in [1.82, 2.24) is 0 Å². The molecular formula is C30H26F4O2. The second-order valence-electron chi connectivity index (χ2n) is 8.78. The van der Waals surface area contributed by atoms with Crippen LogP contribution in [0.1, 0.15) is 42.6 Å². The molecule has 6 heteroatoms. The highest BCUT2D eigenvalue weighted by atomic mass is 19.2. The molecule has 2 N–H and O–H groups in total. The minimum Gasteiger partial charge on any atom is -0.505 e. The third kappa shape index (κ3) is 5.29. The van der Waals surface area contributed by atoms with Crippen molar-refractivity contribution >= 4 is 0 Å². The molecule has 0 saturated carbocycles. The summed E-state index contributed by atoms with van der Waals surface area (Å²) in [4.78, 5) is 0. The van der Waals surface area contributed by atoms with Crippen LogP contribution >= 0.6 is 0 Å². The Morgan fingerprint density at radius 2 is 1.19 bits per heavy atom. The summed E-state index contributed by atoms with van der Waals surface area (Å²) < 4.78 is 57.5. The van der Waals surface area contributed by atoms with Crippen LogP contribution in [0.3, 0.4) is 0 Å². The highest BCUT2D eigenvalue weighted by Crippen LogP contribution is 2.31. The summed E-state index contributed by atoms with van der Waals surface area (Å²) in [5, 5.41) is 19.4. The summed E-state index contributed by atoms with van der Waals surface area (Å²) >= 11 is 0. The van der Waals surface area contributed by atoms with Gasteiger partial charge in [-0.1, -0.05) is 74.0 Å². The van der Waals surface area contributed by atoms with Crippen molar-refractivity contribution in [2.45, 2.75) is 38.7 Å². The summed E-state index contributed by atoms with van der Waals surface area (Å²) in [7, 11) is 0. The van der Waals surface area contributed by atoms with Gasteiger partial charge in [0.1, 0.15) is 0 Å². The molecule has 36 heavy (non-hydrogen) atoms. The van der Waals surface area contributed by atoms with Crippen LogP contribution in [-0.2, 0) is 12.8 Å². The van der Waals surface area contributed by atoms with Crippen LogP contribution in [0, 0.1) is 23.3 Å². The number of hydrogen-bond donors (Lipinski definition) is 2. The number of phenols is 1. The molecule has 1 unspecified atom stereocenters. The average molecular weight is 495 g/mol. The van der Waals surface area contributed by atoms with Gasteiger partial charge in [-0.3, -0.25) is 0 Å². The summed E-state index contributed by atoms with van der Waals surface area (Å²) in [6.45, 7) is 1.98. The second kappa shape index (κ2) is 11.0. The number of aliphatic hydroxyl groups is 1. The van der Waals surface area contributed by atoms with Gasteiger partial charge in [0.05, 0.1) is 6.10 Å². The maximum atomic E-state index is 14.9. The van der Waals surface area contributed by atoms with E-state index in [1.165, 1.54) is 6.07 Å². The first-order chi connectivity index (χ1) is 17.3. The molecule has 0 saturated heterocycles. The van der Waals surface area contributed by atoms with Crippen LogP contribution in [-0.4, -0.2) is 10.2 Å². The van der Waals surface area contributed by atoms with Crippen LogP contribution in [0.5, 0.6) is 5.75 Å². The van der Waals surface area contributed by atoms with E-state index in [0.717, 1.165) is 23.6 Å². The molecule has 4 rings (SSSR count). The van der Waals surface area contributed by atoms with Gasteiger partial charge in [-0.25, -0.2) is 13.2 Å². The van der Waals surface area contributed by atoms with E-state index < -0.39 is 35.1 Å². The Kier molecular flexibility index (Phi) is 7.75. The lowest BCUT2D eigenvalue weighted by Gasteiger charge is -2.12. The number of aromatic hydroxyl groups is 1. The summed E-state index contributed by atoms with van der Waals surface area (Å²) in [6.07, 6.45) is 1.57. The Balaban J connectivity index is 1.46. The first-order valence-corrected chi connectivity index (χ1v) is 11.8. The highest BCUT2D eigenvalue weighted by molar-refractivity contribution is 5.66. The van der Waals surface area contributed by atoms with Crippen molar-refractivity contribution in [1.29, 1.82) is 0 Å². The first kappa shape index (κ1) is 25.5. The smallest absolute Gasteiger partial charge is 0.200 e. The molecule has 186 valence electrons. The zero-order chi connectivity index (χ0) is 25.8. The van der Waals surface area contributed by atoms with E-state index in [1.807, 2.05) is 6.92 Å². The van der Waals surface area contributed by atoms with Gasteiger partial charge in [0.2, 0.25) is 5.82 Å². The van der Waals surface area contributed by atoms with E-state index in [4.69, 9.17) is 0 Å². The minimum absolute atomic E-state index is 0.0217. The third-order valence-corrected chi connectivity index (χ3v) is 6.34. The number of phenolic OH excluding ortho intramolecular Hbond substituents is 1. The van der Waals surface area contributed by atoms with Gasteiger partial charge in [0, 0.05) is 11.1 Å². The fraction of sp³-hybridized carbons (Fsp3) is 0.200. The van der Waals surface area contributed by atoms with E-state index in [9.17, 15) is 27.8 Å². The van der Waals surface area contributed by atoms with Gasteiger partial charge in [-0.2, -0.15) is 4.39 Å². The summed E-state index contributed by atoms with van der Waals surface area (Å²) in [5.74, 6) is -5.01. The molecule has 0 aliphatic carbocycles. The third-order valence-electron chi connectivity index (χ3n) is 6.34. The number of halogens is 4. The van der Waals surface area contributed by atoms with Gasteiger partial charge in [-0.05, 0) is 59.2 Å². The van der Waals surface area contributed by atoms with Crippen molar-refractivity contribution < 1.29 is 27.8 Å². The average Bonchev–Trinajstić information content (AvgIpc) is 2.89. The molecule has 0 radical (unpaired) electrons. The largest absolute Gasteiger partial charge is 0.505 e. The molecule has 0 heterocycles. The number of aliphatic hydroxyl groups excluding tert-OH is 1. The number of rotatable bonds is 8. The predicted molar refractivity (Wildman–Crippen MR) is 133 cm³/mol. The van der Waals surface area contributed by atoms with Crippen molar-refractivity contribution in [2.24, 2.45) is 0 Å². The number of aryl methyl sites for hydroxylation is 2. The van der Waals surface area contributed by atoms with Gasteiger partial charge in [-0.15, -0.1) is 0 Å². The molecular weight excluding hydrogens is 468 g/mol. The topological polar surface area (TPSA) is 40.5 Å². The summed E-state index contributed by atoms with van der Waals surface area (Å²) in [6, 6.07) is 19.0. The van der Waals surface area contributed by atoms with E-state index in [-0.39, 0.29) is 23.1 Å². The molecule has 0 amide bonds. The molecule has 0 aromatic heterocycles. The maximum absolute atomic E-state index is 14.9. The monoisotopic (exact) mass is 494 g/mol. The normalized spacial score (nSPS) is 12.1. The minimum atomic E-state index is -1.30. The van der Waals surface area contributed by atoms with Gasteiger partial charge in [0.25, 0.3) is 0 Å². The maximum Gasteiger partial charge on any atom is 0.200 e. The van der Waals surface area contributed by atoms with Crippen LogP contribution in [0.15, 0.2) is 72.8 Å². The van der Waals surface area contributed by atoms with Crippen molar-refractivity contribution in [2.75, 3.05) is 0 Å². The molecule has 1 atom stereocenters. The van der Waals surface area contributed by atoms with Gasteiger partial charge in [0.15, 0.2) is 23.2 Å². The van der Waals surface area contributed by atoms with Gasteiger partial charge >= 0.3 is 0 Å². The fourth-order valence-corrected chi connectivity index (χ4v) is 4.22. The van der Waals surface area contributed by atoms with E-state index in [2.05, 4.69) is 0 Å². The van der Waals surface area contributed by atoms with E-state index >= 15 is 0 Å². The SMILES string of the molecule is CCCC(O)c1ccc(-c2ccc(CCc3ccc(-c4ccc(O)c(F)c4F)cc3)c(F)c2F)cc1. The Morgan fingerprint density at radius 1 is 0.639 bits per heavy atom. The second-order valence-corrected chi connectivity index (χ2v) is 8.78. The Labute approximate surface area is 207 Å². The standard InChI is InChI=1S/C30H26F4O2/c1-2-3-25(35)21-12-10-20(11-13-21)23-15-14-22(27(31)28(23)32)9-6-18-4-7-19(8-5-18)24-16-17-26(36)30(34)29(24)33/h4-5,7-8,10-17,25,35-36H,2-3,6,9H2,1H3. The summed E-state index contributed by atoms with van der Waals surface area (Å²) in [5.41, 5.74) is 2.94. The van der Waals surface area contributed by atoms with Crippen molar-refractivity contribution in [3.63, 3.8) is 0 Å². The van der Waals surface area contributed by atoms with E-state index in [1.54, 1.807) is 60.7 Å². The van der Waals surface area contributed by atoms with Crippen LogP contribution < -0.4 is 0 Å². The zero-order valence-electron chi connectivity index (χ0n) is 19.7. The Hall–Kier alpha value is -3.64. The molecule has 4 aromatic carbocycles. The lowest BCUT2D eigenvalue weighted by Crippen LogP contribution is -2.00. The fourth-order valence-electron chi connectivity index (χ4n) is 4.22. The zero-order valence-corrected chi connectivity index (χ0v) is 19.7. The predicted octanol–water partition coefficient (Wildman–Crippen LogP) is 7.90. The van der Waals surface area contributed by atoms with Crippen molar-refractivity contribution in [3.05, 3.63) is 113 Å². The van der Waals surface area contributed by atoms with Crippen molar-refractivity contribution in [3.8, 4) is 28.0 Å². The molecule has 0 spiro atoms. The first-order valence-electron chi connectivity index (χ1n) is 11.8. The van der Waals surface area contributed by atoms with Crippen LogP contribution in [0.2, 0.25) is 0 Å². The Morgan fingerprint density at radius 3 is 1.81 bits per heavy atom. The molecule has 0 bridgehead atoms. The number of benzene rings is 4.